The summed E-state index contributed by atoms with van der Waals surface area (Å²) in [6.07, 6.45) is 2.56. The SMILES string of the molecule is CC(C)c1ccc(C2(CNC(C)(C)C)CC(C)(C)C2)cc1. The lowest BCUT2D eigenvalue weighted by atomic mass is 9.51. The van der Waals surface area contributed by atoms with Gasteiger partial charge in [0.05, 0.1) is 0 Å². The zero-order chi connectivity index (χ0) is 15.9. The first-order valence-electron chi connectivity index (χ1n) is 8.39. The highest BCUT2D eigenvalue weighted by Crippen LogP contribution is 2.55. The third kappa shape index (κ3) is 3.88. The van der Waals surface area contributed by atoms with Gasteiger partial charge in [0.25, 0.3) is 0 Å². The highest BCUT2D eigenvalue weighted by molar-refractivity contribution is 5.34. The van der Waals surface area contributed by atoms with Gasteiger partial charge in [-0.15, -0.1) is 0 Å². The third-order valence-electron chi connectivity index (χ3n) is 4.78. The van der Waals surface area contributed by atoms with E-state index in [0.29, 0.717) is 16.7 Å². The molecular formula is C20H33N. The van der Waals surface area contributed by atoms with Crippen LogP contribution in [-0.4, -0.2) is 12.1 Å². The van der Waals surface area contributed by atoms with Gasteiger partial charge < -0.3 is 5.32 Å². The summed E-state index contributed by atoms with van der Waals surface area (Å²) in [4.78, 5) is 0. The highest BCUT2D eigenvalue weighted by Gasteiger charge is 2.50. The average molecular weight is 287 g/mol. The smallest absolute Gasteiger partial charge is 0.00968 e. The molecule has 0 bridgehead atoms. The van der Waals surface area contributed by atoms with E-state index in [-0.39, 0.29) is 5.54 Å². The second kappa shape index (κ2) is 5.43. The van der Waals surface area contributed by atoms with Crippen molar-refractivity contribution in [3.05, 3.63) is 35.4 Å². The molecule has 1 aromatic carbocycles. The van der Waals surface area contributed by atoms with Crippen molar-refractivity contribution < 1.29 is 0 Å². The van der Waals surface area contributed by atoms with Crippen LogP contribution in [0.1, 0.15) is 78.4 Å². The molecular weight excluding hydrogens is 254 g/mol. The van der Waals surface area contributed by atoms with E-state index in [1.807, 2.05) is 0 Å². The first-order chi connectivity index (χ1) is 9.53. The predicted octanol–water partition coefficient (Wildman–Crippen LogP) is 5.26. The van der Waals surface area contributed by atoms with Crippen molar-refractivity contribution in [2.45, 2.75) is 78.2 Å². The number of hydrogen-bond donors (Lipinski definition) is 1. The number of rotatable bonds is 4. The van der Waals surface area contributed by atoms with Gasteiger partial charge in [-0.05, 0) is 56.1 Å². The second-order valence-electron chi connectivity index (χ2n) is 9.18. The first-order valence-corrected chi connectivity index (χ1v) is 8.39. The fourth-order valence-corrected chi connectivity index (χ4v) is 3.87. The maximum absolute atomic E-state index is 3.74. The number of hydrogen-bond acceptors (Lipinski definition) is 1. The van der Waals surface area contributed by atoms with Crippen LogP contribution in [0.4, 0.5) is 0 Å². The Morgan fingerprint density at radius 1 is 1.05 bits per heavy atom. The molecule has 0 atom stereocenters. The van der Waals surface area contributed by atoms with E-state index in [1.165, 1.54) is 24.0 Å². The summed E-state index contributed by atoms with van der Waals surface area (Å²) in [5.41, 5.74) is 3.95. The van der Waals surface area contributed by atoms with Crippen LogP contribution in [0.3, 0.4) is 0 Å². The van der Waals surface area contributed by atoms with Crippen molar-refractivity contribution in [3.8, 4) is 0 Å². The van der Waals surface area contributed by atoms with Crippen molar-refractivity contribution >= 4 is 0 Å². The lowest BCUT2D eigenvalue weighted by Gasteiger charge is -2.55. The van der Waals surface area contributed by atoms with Gasteiger partial charge in [-0.1, -0.05) is 52.0 Å². The van der Waals surface area contributed by atoms with E-state index in [0.717, 1.165) is 6.54 Å². The fraction of sp³-hybridized carbons (Fsp3) is 0.700. The molecule has 1 heteroatoms. The summed E-state index contributed by atoms with van der Waals surface area (Å²) in [5, 5.41) is 3.74. The summed E-state index contributed by atoms with van der Waals surface area (Å²) in [5.74, 6) is 0.612. The van der Waals surface area contributed by atoms with Crippen LogP contribution in [0.5, 0.6) is 0 Å². The van der Waals surface area contributed by atoms with Crippen LogP contribution >= 0.6 is 0 Å². The molecule has 0 heterocycles. The molecule has 0 aliphatic heterocycles. The maximum atomic E-state index is 3.74. The van der Waals surface area contributed by atoms with Crippen LogP contribution in [-0.2, 0) is 5.41 Å². The van der Waals surface area contributed by atoms with Crippen molar-refractivity contribution in [2.75, 3.05) is 6.54 Å². The summed E-state index contributed by atoms with van der Waals surface area (Å²) in [7, 11) is 0. The molecule has 1 fully saturated rings. The van der Waals surface area contributed by atoms with Gasteiger partial charge in [0.2, 0.25) is 0 Å². The Morgan fingerprint density at radius 3 is 1.95 bits per heavy atom. The fourth-order valence-electron chi connectivity index (χ4n) is 3.87. The Hall–Kier alpha value is -0.820. The maximum Gasteiger partial charge on any atom is 0.00968 e. The van der Waals surface area contributed by atoms with Gasteiger partial charge in [0.1, 0.15) is 0 Å². The van der Waals surface area contributed by atoms with Crippen LogP contribution in [0.2, 0.25) is 0 Å². The van der Waals surface area contributed by atoms with Gasteiger partial charge >= 0.3 is 0 Å². The van der Waals surface area contributed by atoms with E-state index in [2.05, 4.69) is 78.0 Å². The second-order valence-corrected chi connectivity index (χ2v) is 9.18. The summed E-state index contributed by atoms with van der Waals surface area (Å²) in [6.45, 7) is 17.2. The molecule has 1 nitrogen and oxygen atoms in total. The highest BCUT2D eigenvalue weighted by atomic mass is 15.0. The Labute approximate surface area is 131 Å². The van der Waals surface area contributed by atoms with Crippen LogP contribution in [0, 0.1) is 5.41 Å². The monoisotopic (exact) mass is 287 g/mol. The van der Waals surface area contributed by atoms with Crippen LogP contribution < -0.4 is 5.32 Å². The topological polar surface area (TPSA) is 12.0 Å². The zero-order valence-corrected chi connectivity index (χ0v) is 15.0. The lowest BCUT2D eigenvalue weighted by molar-refractivity contribution is 0.0512. The average Bonchev–Trinajstić information content (AvgIpc) is 2.32. The van der Waals surface area contributed by atoms with Crippen molar-refractivity contribution in [1.82, 2.24) is 5.32 Å². The third-order valence-corrected chi connectivity index (χ3v) is 4.78. The molecule has 1 saturated carbocycles. The molecule has 2 rings (SSSR count). The minimum absolute atomic E-state index is 0.185. The zero-order valence-electron chi connectivity index (χ0n) is 15.0. The van der Waals surface area contributed by atoms with Crippen molar-refractivity contribution in [2.24, 2.45) is 5.41 Å². The molecule has 1 aliphatic carbocycles. The Bertz CT molecular complexity index is 466. The van der Waals surface area contributed by atoms with Gasteiger partial charge in [-0.25, -0.2) is 0 Å². The van der Waals surface area contributed by atoms with Crippen LogP contribution in [0.25, 0.3) is 0 Å². The molecule has 0 amide bonds. The Balaban J connectivity index is 2.20. The minimum atomic E-state index is 0.185. The minimum Gasteiger partial charge on any atom is -0.311 e. The quantitative estimate of drug-likeness (QED) is 0.797. The molecule has 1 aromatic rings. The van der Waals surface area contributed by atoms with Gasteiger partial charge in [-0.3, -0.25) is 0 Å². The molecule has 1 aliphatic rings. The van der Waals surface area contributed by atoms with Gasteiger partial charge in [-0.2, -0.15) is 0 Å². The lowest BCUT2D eigenvalue weighted by Crippen LogP contribution is -2.55. The van der Waals surface area contributed by atoms with E-state index in [9.17, 15) is 0 Å². The molecule has 0 spiro atoms. The normalized spacial score (nSPS) is 20.4. The first kappa shape index (κ1) is 16.5. The van der Waals surface area contributed by atoms with E-state index in [1.54, 1.807) is 0 Å². The van der Waals surface area contributed by atoms with E-state index < -0.39 is 0 Å². The predicted molar refractivity (Wildman–Crippen MR) is 93.0 cm³/mol. The molecule has 0 radical (unpaired) electrons. The van der Waals surface area contributed by atoms with E-state index >= 15 is 0 Å². The Morgan fingerprint density at radius 2 is 1.57 bits per heavy atom. The van der Waals surface area contributed by atoms with E-state index in [4.69, 9.17) is 0 Å². The summed E-state index contributed by atoms with van der Waals surface area (Å²) in [6, 6.07) is 9.39. The van der Waals surface area contributed by atoms with Gasteiger partial charge in [0.15, 0.2) is 0 Å². The number of benzene rings is 1. The van der Waals surface area contributed by atoms with Crippen molar-refractivity contribution in [1.29, 1.82) is 0 Å². The Kier molecular flexibility index (Phi) is 4.28. The largest absolute Gasteiger partial charge is 0.311 e. The molecule has 118 valence electrons. The molecule has 0 unspecified atom stereocenters. The van der Waals surface area contributed by atoms with Gasteiger partial charge in [0, 0.05) is 17.5 Å². The molecule has 1 N–H and O–H groups in total. The molecule has 0 aromatic heterocycles. The van der Waals surface area contributed by atoms with Crippen LogP contribution in [0.15, 0.2) is 24.3 Å². The number of nitrogens with one attached hydrogen (secondary N) is 1. The standard InChI is InChI=1S/C20H33N/c1-15(2)16-8-10-17(11-9-16)20(12-19(6,7)13-20)14-21-18(3,4)5/h8-11,15,21H,12-14H2,1-7H3. The molecule has 21 heavy (non-hydrogen) atoms. The van der Waals surface area contributed by atoms with Crippen molar-refractivity contribution in [3.63, 3.8) is 0 Å². The molecule has 0 saturated heterocycles. The summed E-state index contributed by atoms with van der Waals surface area (Å²) >= 11 is 0. The summed E-state index contributed by atoms with van der Waals surface area (Å²) < 4.78 is 0.